The van der Waals surface area contributed by atoms with Crippen LogP contribution in [0.1, 0.15) is 18.5 Å². The number of hydrogen-bond donors (Lipinski definition) is 1. The summed E-state index contributed by atoms with van der Waals surface area (Å²) in [7, 11) is 0. The van der Waals surface area contributed by atoms with Crippen molar-refractivity contribution < 1.29 is 0 Å². The molecule has 15 heavy (non-hydrogen) atoms. The maximum absolute atomic E-state index is 4.30. The van der Waals surface area contributed by atoms with Crippen LogP contribution in [0.5, 0.6) is 0 Å². The van der Waals surface area contributed by atoms with Crippen molar-refractivity contribution in [3.8, 4) is 0 Å². The molecule has 1 aromatic heterocycles. The van der Waals surface area contributed by atoms with E-state index in [1.807, 2.05) is 30.1 Å². The summed E-state index contributed by atoms with van der Waals surface area (Å²) in [6.07, 6.45) is 6.53. The van der Waals surface area contributed by atoms with Gasteiger partial charge in [-0.15, -0.1) is 0 Å². The fraction of sp³-hybridized carbons (Fsp3) is 0.545. The highest BCUT2D eigenvalue weighted by Crippen LogP contribution is 2.07. The molecule has 0 aliphatic carbocycles. The second-order valence-electron chi connectivity index (χ2n) is 3.34. The minimum atomic E-state index is 0.868. The summed E-state index contributed by atoms with van der Waals surface area (Å²) in [4.78, 5) is 4.30. The highest BCUT2D eigenvalue weighted by molar-refractivity contribution is 9.10. The first-order valence-electron chi connectivity index (χ1n) is 5.13. The molecule has 0 aliphatic heterocycles. The summed E-state index contributed by atoms with van der Waals surface area (Å²) in [5.41, 5.74) is 1.10. The molecule has 1 rings (SSSR count). The van der Waals surface area contributed by atoms with E-state index in [4.69, 9.17) is 0 Å². The van der Waals surface area contributed by atoms with E-state index in [-0.39, 0.29) is 0 Å². The van der Waals surface area contributed by atoms with Gasteiger partial charge in [0, 0.05) is 17.2 Å². The Morgan fingerprint density at radius 2 is 2.27 bits per heavy atom. The van der Waals surface area contributed by atoms with Crippen molar-refractivity contribution >= 4 is 27.7 Å². The van der Waals surface area contributed by atoms with Crippen molar-refractivity contribution in [2.45, 2.75) is 19.4 Å². The van der Waals surface area contributed by atoms with Crippen LogP contribution in [0.3, 0.4) is 0 Å². The zero-order valence-electron chi connectivity index (χ0n) is 9.00. The fourth-order valence-corrected chi connectivity index (χ4v) is 1.95. The molecule has 0 saturated carbocycles. The van der Waals surface area contributed by atoms with Crippen molar-refractivity contribution in [3.05, 3.63) is 28.5 Å². The summed E-state index contributed by atoms with van der Waals surface area (Å²) >= 11 is 5.28. The van der Waals surface area contributed by atoms with Crippen molar-refractivity contribution in [2.75, 3.05) is 18.6 Å². The van der Waals surface area contributed by atoms with E-state index in [2.05, 4.69) is 32.5 Å². The van der Waals surface area contributed by atoms with Gasteiger partial charge in [0.1, 0.15) is 0 Å². The third kappa shape index (κ3) is 6.17. The van der Waals surface area contributed by atoms with E-state index in [0.717, 1.165) is 23.3 Å². The highest BCUT2D eigenvalue weighted by Gasteiger charge is 1.94. The van der Waals surface area contributed by atoms with E-state index in [1.165, 1.54) is 18.6 Å². The molecule has 0 radical (unpaired) electrons. The van der Waals surface area contributed by atoms with Crippen molar-refractivity contribution in [1.29, 1.82) is 0 Å². The van der Waals surface area contributed by atoms with Crippen LogP contribution in [-0.4, -0.2) is 23.5 Å². The maximum atomic E-state index is 4.30. The van der Waals surface area contributed by atoms with Gasteiger partial charge in [-0.2, -0.15) is 11.8 Å². The molecule has 2 nitrogen and oxygen atoms in total. The van der Waals surface area contributed by atoms with Gasteiger partial charge in [0.2, 0.25) is 0 Å². The topological polar surface area (TPSA) is 24.9 Å². The Hall–Kier alpha value is -0.0600. The van der Waals surface area contributed by atoms with Crippen molar-refractivity contribution in [2.24, 2.45) is 0 Å². The van der Waals surface area contributed by atoms with E-state index < -0.39 is 0 Å². The van der Waals surface area contributed by atoms with Gasteiger partial charge in [-0.1, -0.05) is 0 Å². The number of thioether (sulfide) groups is 1. The van der Waals surface area contributed by atoms with Crippen LogP contribution in [-0.2, 0) is 6.54 Å². The number of pyridine rings is 1. The molecule has 0 bridgehead atoms. The van der Waals surface area contributed by atoms with Gasteiger partial charge in [-0.25, -0.2) is 0 Å². The number of hydrogen-bond acceptors (Lipinski definition) is 3. The Bertz CT molecular complexity index is 264. The van der Waals surface area contributed by atoms with E-state index in [1.54, 1.807) is 0 Å². The SMILES string of the molecule is CSCCCCNCc1ccc(Br)cn1. The largest absolute Gasteiger partial charge is 0.311 e. The minimum absolute atomic E-state index is 0.868. The standard InChI is InChI=1S/C11H17BrN2S/c1-15-7-3-2-6-13-9-11-5-4-10(12)8-14-11/h4-5,8,13H,2-3,6-7,9H2,1H3. The average Bonchev–Trinajstić information content (AvgIpc) is 2.26. The van der Waals surface area contributed by atoms with Crippen LogP contribution in [0, 0.1) is 0 Å². The number of nitrogens with one attached hydrogen (secondary N) is 1. The Balaban J connectivity index is 2.07. The van der Waals surface area contributed by atoms with Gasteiger partial charge >= 0.3 is 0 Å². The predicted octanol–water partition coefficient (Wildman–Crippen LogP) is 3.08. The lowest BCUT2D eigenvalue weighted by atomic mass is 10.3. The molecule has 0 atom stereocenters. The van der Waals surface area contributed by atoms with E-state index in [0.29, 0.717) is 0 Å². The lowest BCUT2D eigenvalue weighted by molar-refractivity contribution is 0.635. The molecule has 4 heteroatoms. The third-order valence-corrected chi connectivity index (χ3v) is 3.21. The van der Waals surface area contributed by atoms with Gasteiger partial charge in [0.25, 0.3) is 0 Å². The van der Waals surface area contributed by atoms with Crippen LogP contribution in [0.15, 0.2) is 22.8 Å². The zero-order chi connectivity index (χ0) is 10.9. The lowest BCUT2D eigenvalue weighted by Gasteiger charge is -2.03. The fourth-order valence-electron chi connectivity index (χ4n) is 1.22. The quantitative estimate of drug-likeness (QED) is 0.781. The third-order valence-electron chi connectivity index (χ3n) is 2.05. The summed E-state index contributed by atoms with van der Waals surface area (Å²) in [6.45, 7) is 1.95. The molecule has 0 saturated heterocycles. The van der Waals surface area contributed by atoms with Crippen LogP contribution >= 0.6 is 27.7 Å². The van der Waals surface area contributed by atoms with Gasteiger partial charge < -0.3 is 5.32 Å². The Labute approximate surface area is 104 Å². The molecule has 1 aromatic rings. The predicted molar refractivity (Wildman–Crippen MR) is 71.3 cm³/mol. The van der Waals surface area contributed by atoms with Crippen LogP contribution in [0.25, 0.3) is 0 Å². The van der Waals surface area contributed by atoms with E-state index >= 15 is 0 Å². The molecule has 0 unspecified atom stereocenters. The van der Waals surface area contributed by atoms with Crippen molar-refractivity contribution in [3.63, 3.8) is 0 Å². The summed E-state index contributed by atoms with van der Waals surface area (Å²) in [6, 6.07) is 4.07. The van der Waals surface area contributed by atoms with Crippen LogP contribution in [0.2, 0.25) is 0 Å². The zero-order valence-corrected chi connectivity index (χ0v) is 11.4. The second-order valence-corrected chi connectivity index (χ2v) is 5.25. The first-order chi connectivity index (χ1) is 7.33. The molecule has 84 valence electrons. The van der Waals surface area contributed by atoms with Gasteiger partial charge in [0.15, 0.2) is 0 Å². The Morgan fingerprint density at radius 3 is 2.93 bits per heavy atom. The summed E-state index contributed by atoms with van der Waals surface area (Å²) < 4.78 is 1.03. The minimum Gasteiger partial charge on any atom is -0.311 e. The summed E-state index contributed by atoms with van der Waals surface area (Å²) in [5, 5.41) is 3.39. The Morgan fingerprint density at radius 1 is 1.40 bits per heavy atom. The molecule has 0 spiro atoms. The molecule has 0 aromatic carbocycles. The Kier molecular flexibility index (Phi) is 7.05. The maximum Gasteiger partial charge on any atom is 0.0542 e. The second kappa shape index (κ2) is 8.13. The first-order valence-corrected chi connectivity index (χ1v) is 7.31. The number of nitrogens with zero attached hydrogens (tertiary/aromatic N) is 1. The normalized spacial score (nSPS) is 10.5. The molecule has 0 aliphatic rings. The molecular weight excluding hydrogens is 272 g/mol. The highest BCUT2D eigenvalue weighted by atomic mass is 79.9. The molecule has 0 amide bonds. The van der Waals surface area contributed by atoms with Crippen LogP contribution < -0.4 is 5.32 Å². The lowest BCUT2D eigenvalue weighted by Crippen LogP contribution is -2.15. The van der Waals surface area contributed by atoms with Gasteiger partial charge in [0.05, 0.1) is 5.69 Å². The number of halogens is 1. The monoisotopic (exact) mass is 288 g/mol. The van der Waals surface area contributed by atoms with Gasteiger partial charge in [-0.3, -0.25) is 4.98 Å². The van der Waals surface area contributed by atoms with Gasteiger partial charge in [-0.05, 0) is 59.5 Å². The number of rotatable bonds is 7. The summed E-state index contributed by atoms with van der Waals surface area (Å²) in [5.74, 6) is 1.26. The first kappa shape index (κ1) is 13.0. The van der Waals surface area contributed by atoms with E-state index in [9.17, 15) is 0 Å². The smallest absolute Gasteiger partial charge is 0.0542 e. The molecular formula is C11H17BrN2S. The average molecular weight is 289 g/mol. The van der Waals surface area contributed by atoms with Crippen molar-refractivity contribution in [1.82, 2.24) is 10.3 Å². The number of aromatic nitrogens is 1. The molecule has 0 fully saturated rings. The molecule has 1 N–H and O–H groups in total. The number of unbranched alkanes of at least 4 members (excludes halogenated alkanes) is 1. The molecule has 1 heterocycles. The van der Waals surface area contributed by atoms with Crippen LogP contribution in [0.4, 0.5) is 0 Å².